The van der Waals surface area contributed by atoms with Crippen LogP contribution >= 0.6 is 0 Å². The van der Waals surface area contributed by atoms with E-state index in [1.165, 1.54) is 29.1 Å². The lowest BCUT2D eigenvalue weighted by Crippen LogP contribution is -2.15. The van der Waals surface area contributed by atoms with E-state index in [4.69, 9.17) is 5.26 Å². The molecule has 0 radical (unpaired) electrons. The standard InChI is InChI=1S/C12H10N4O3/c1-16-11(7(5-13)6-14-16)15-12(19)8-3-2-4-9(17)10(8)18/h2-4,6,17-18H,1H3,(H,15,19). The molecule has 0 saturated heterocycles. The van der Waals surface area contributed by atoms with Crippen molar-refractivity contribution in [2.24, 2.45) is 7.05 Å². The van der Waals surface area contributed by atoms with Crippen LogP contribution in [0, 0.1) is 11.3 Å². The fraction of sp³-hybridized carbons (Fsp3) is 0.0833. The molecule has 1 aromatic carbocycles. The molecule has 7 heteroatoms. The van der Waals surface area contributed by atoms with Gasteiger partial charge < -0.3 is 15.5 Å². The Morgan fingerprint density at radius 3 is 2.89 bits per heavy atom. The fourth-order valence-electron chi connectivity index (χ4n) is 1.56. The molecule has 2 rings (SSSR count). The number of anilines is 1. The molecular formula is C12H10N4O3. The summed E-state index contributed by atoms with van der Waals surface area (Å²) >= 11 is 0. The van der Waals surface area contributed by atoms with Crippen molar-refractivity contribution in [2.75, 3.05) is 5.32 Å². The zero-order chi connectivity index (χ0) is 14.0. The Morgan fingerprint density at radius 1 is 1.47 bits per heavy atom. The average molecular weight is 258 g/mol. The summed E-state index contributed by atoms with van der Waals surface area (Å²) in [6.45, 7) is 0. The van der Waals surface area contributed by atoms with Crippen LogP contribution in [0.2, 0.25) is 0 Å². The summed E-state index contributed by atoms with van der Waals surface area (Å²) in [5.74, 6) is -1.33. The van der Waals surface area contributed by atoms with Crippen molar-refractivity contribution in [3.8, 4) is 17.6 Å². The van der Waals surface area contributed by atoms with Crippen molar-refractivity contribution in [3.63, 3.8) is 0 Å². The van der Waals surface area contributed by atoms with Crippen LogP contribution < -0.4 is 5.32 Å². The summed E-state index contributed by atoms with van der Waals surface area (Å²) in [6, 6.07) is 5.93. The van der Waals surface area contributed by atoms with Crippen LogP contribution in [0.25, 0.3) is 0 Å². The van der Waals surface area contributed by atoms with Gasteiger partial charge in [0, 0.05) is 7.05 Å². The molecule has 0 atom stereocenters. The molecule has 0 fully saturated rings. The molecule has 1 aromatic heterocycles. The predicted octanol–water partition coefficient (Wildman–Crippen LogP) is 0.955. The van der Waals surface area contributed by atoms with Gasteiger partial charge in [-0.3, -0.25) is 9.48 Å². The number of rotatable bonds is 2. The van der Waals surface area contributed by atoms with Gasteiger partial charge in [0.25, 0.3) is 5.91 Å². The lowest BCUT2D eigenvalue weighted by molar-refractivity contribution is 0.102. The zero-order valence-corrected chi connectivity index (χ0v) is 9.95. The third-order valence-electron chi connectivity index (χ3n) is 2.55. The van der Waals surface area contributed by atoms with Gasteiger partial charge in [-0.05, 0) is 12.1 Å². The van der Waals surface area contributed by atoms with E-state index in [1.807, 2.05) is 6.07 Å². The molecule has 3 N–H and O–H groups in total. The van der Waals surface area contributed by atoms with E-state index in [0.29, 0.717) is 0 Å². The highest BCUT2D eigenvalue weighted by molar-refractivity contribution is 6.06. The van der Waals surface area contributed by atoms with Crippen molar-refractivity contribution >= 4 is 11.7 Å². The predicted molar refractivity (Wildman–Crippen MR) is 65.6 cm³/mol. The molecule has 96 valence electrons. The molecule has 0 aliphatic rings. The Hall–Kier alpha value is -3.01. The molecule has 0 aliphatic heterocycles. The number of nitrogens with one attached hydrogen (secondary N) is 1. The minimum absolute atomic E-state index is 0.0925. The highest BCUT2D eigenvalue weighted by atomic mass is 16.3. The normalized spacial score (nSPS) is 9.89. The summed E-state index contributed by atoms with van der Waals surface area (Å²) in [6.07, 6.45) is 1.32. The van der Waals surface area contributed by atoms with Crippen LogP contribution in [-0.4, -0.2) is 25.9 Å². The first-order valence-corrected chi connectivity index (χ1v) is 5.29. The number of para-hydroxylation sites is 1. The second-order valence-electron chi connectivity index (χ2n) is 3.77. The Bertz CT molecular complexity index is 685. The van der Waals surface area contributed by atoms with Gasteiger partial charge in [0.05, 0.1) is 11.8 Å². The van der Waals surface area contributed by atoms with E-state index in [0.717, 1.165) is 0 Å². The van der Waals surface area contributed by atoms with E-state index in [9.17, 15) is 15.0 Å². The quantitative estimate of drug-likeness (QED) is 0.694. The maximum absolute atomic E-state index is 12.0. The summed E-state index contributed by atoms with van der Waals surface area (Å²) in [5, 5.41) is 34.1. The van der Waals surface area contributed by atoms with Crippen LogP contribution in [0.1, 0.15) is 15.9 Å². The van der Waals surface area contributed by atoms with Crippen LogP contribution in [0.15, 0.2) is 24.4 Å². The third kappa shape index (κ3) is 2.19. The van der Waals surface area contributed by atoms with E-state index >= 15 is 0 Å². The van der Waals surface area contributed by atoms with Crippen LogP contribution in [0.3, 0.4) is 0 Å². The fourth-order valence-corrected chi connectivity index (χ4v) is 1.56. The Kier molecular flexibility index (Phi) is 3.08. The van der Waals surface area contributed by atoms with E-state index < -0.39 is 17.4 Å². The van der Waals surface area contributed by atoms with Gasteiger partial charge in [-0.1, -0.05) is 6.07 Å². The smallest absolute Gasteiger partial charge is 0.260 e. The maximum Gasteiger partial charge on any atom is 0.260 e. The summed E-state index contributed by atoms with van der Waals surface area (Å²) in [4.78, 5) is 12.0. The van der Waals surface area contributed by atoms with Crippen molar-refractivity contribution in [1.82, 2.24) is 9.78 Å². The number of aryl methyl sites for hydroxylation is 1. The van der Waals surface area contributed by atoms with E-state index in [-0.39, 0.29) is 16.9 Å². The molecular weight excluding hydrogens is 248 g/mol. The summed E-state index contributed by atoms with van der Waals surface area (Å²) < 4.78 is 1.33. The monoisotopic (exact) mass is 258 g/mol. The lowest BCUT2D eigenvalue weighted by atomic mass is 10.1. The highest BCUT2D eigenvalue weighted by Gasteiger charge is 2.17. The molecule has 7 nitrogen and oxygen atoms in total. The van der Waals surface area contributed by atoms with Gasteiger partial charge in [0.15, 0.2) is 11.5 Å². The maximum atomic E-state index is 12.0. The van der Waals surface area contributed by atoms with Crippen molar-refractivity contribution in [2.45, 2.75) is 0 Å². The van der Waals surface area contributed by atoms with E-state index in [1.54, 1.807) is 7.05 Å². The highest BCUT2D eigenvalue weighted by Crippen LogP contribution is 2.28. The van der Waals surface area contributed by atoms with Crippen molar-refractivity contribution in [3.05, 3.63) is 35.5 Å². The number of nitrogens with zero attached hydrogens (tertiary/aromatic N) is 3. The number of aromatic hydroxyl groups is 2. The van der Waals surface area contributed by atoms with Gasteiger partial charge in [-0.25, -0.2) is 0 Å². The van der Waals surface area contributed by atoms with Gasteiger partial charge in [0.1, 0.15) is 17.5 Å². The van der Waals surface area contributed by atoms with Crippen LogP contribution in [-0.2, 0) is 7.05 Å². The molecule has 19 heavy (non-hydrogen) atoms. The zero-order valence-electron chi connectivity index (χ0n) is 9.95. The number of carbonyl (C=O) groups is 1. The van der Waals surface area contributed by atoms with Gasteiger partial charge >= 0.3 is 0 Å². The number of hydrogen-bond donors (Lipinski definition) is 3. The van der Waals surface area contributed by atoms with Gasteiger partial charge in [-0.15, -0.1) is 0 Å². The minimum Gasteiger partial charge on any atom is -0.504 e. The number of benzene rings is 1. The SMILES string of the molecule is Cn1ncc(C#N)c1NC(=O)c1cccc(O)c1O. The van der Waals surface area contributed by atoms with Crippen LogP contribution in [0.5, 0.6) is 11.5 Å². The Labute approximate surface area is 108 Å². The second kappa shape index (κ2) is 4.70. The summed E-state index contributed by atoms with van der Waals surface area (Å²) in [7, 11) is 1.57. The molecule has 1 heterocycles. The molecule has 2 aromatic rings. The molecule has 0 aliphatic carbocycles. The number of phenolic OH excluding ortho intramolecular Hbond substituents is 2. The lowest BCUT2D eigenvalue weighted by Gasteiger charge is -2.08. The molecule has 0 spiro atoms. The van der Waals surface area contributed by atoms with Crippen LogP contribution in [0.4, 0.5) is 5.82 Å². The Balaban J connectivity index is 2.34. The first-order valence-electron chi connectivity index (χ1n) is 5.29. The average Bonchev–Trinajstić information content (AvgIpc) is 2.74. The van der Waals surface area contributed by atoms with E-state index in [2.05, 4.69) is 10.4 Å². The van der Waals surface area contributed by atoms with Gasteiger partial charge in [-0.2, -0.15) is 10.4 Å². The van der Waals surface area contributed by atoms with Crippen molar-refractivity contribution in [1.29, 1.82) is 5.26 Å². The first kappa shape index (κ1) is 12.4. The Morgan fingerprint density at radius 2 is 2.21 bits per heavy atom. The first-order chi connectivity index (χ1) is 9.04. The van der Waals surface area contributed by atoms with Crippen molar-refractivity contribution < 1.29 is 15.0 Å². The number of aromatic nitrogens is 2. The number of amides is 1. The summed E-state index contributed by atoms with van der Waals surface area (Å²) in [5.41, 5.74) is 0.112. The number of phenols is 2. The number of hydrogen-bond acceptors (Lipinski definition) is 5. The molecule has 1 amide bonds. The minimum atomic E-state index is -0.645. The number of carbonyl (C=O) groups excluding carboxylic acids is 1. The van der Waals surface area contributed by atoms with Gasteiger partial charge in [0.2, 0.25) is 0 Å². The largest absolute Gasteiger partial charge is 0.504 e. The molecule has 0 saturated carbocycles. The third-order valence-corrected chi connectivity index (χ3v) is 2.55. The molecule has 0 bridgehead atoms. The second-order valence-corrected chi connectivity index (χ2v) is 3.77. The topological polar surface area (TPSA) is 111 Å². The molecule has 0 unspecified atom stereocenters. The number of nitriles is 1.